The first-order chi connectivity index (χ1) is 15.0. The third-order valence-corrected chi connectivity index (χ3v) is 6.28. The standard InChI is InChI=1S/C25H28N2O3S/c1-17(2)22-6-4-5-7-23(22)30-15-24-26-19(16-31-24)14-27(20-10-11-20)25(28)18-8-12-21(29-3)13-9-18/h4-9,12-13,16-17,20H,10-11,14-15H2,1-3H3. The van der Waals surface area contributed by atoms with Gasteiger partial charge in [0, 0.05) is 17.0 Å². The van der Waals surface area contributed by atoms with Crippen molar-refractivity contribution < 1.29 is 14.3 Å². The van der Waals surface area contributed by atoms with Crippen LogP contribution in [0.2, 0.25) is 0 Å². The van der Waals surface area contributed by atoms with Crippen LogP contribution in [0.5, 0.6) is 11.5 Å². The summed E-state index contributed by atoms with van der Waals surface area (Å²) in [5, 5.41) is 2.95. The van der Waals surface area contributed by atoms with Crippen molar-refractivity contribution in [1.29, 1.82) is 0 Å². The Hall–Kier alpha value is -2.86. The van der Waals surface area contributed by atoms with Gasteiger partial charge in [0.25, 0.3) is 5.91 Å². The van der Waals surface area contributed by atoms with Gasteiger partial charge in [0.05, 0.1) is 19.3 Å². The van der Waals surface area contributed by atoms with Gasteiger partial charge < -0.3 is 14.4 Å². The van der Waals surface area contributed by atoms with E-state index in [1.54, 1.807) is 18.4 Å². The minimum atomic E-state index is 0.0433. The van der Waals surface area contributed by atoms with Crippen molar-refractivity contribution in [2.45, 2.75) is 51.8 Å². The van der Waals surface area contributed by atoms with Gasteiger partial charge in [-0.15, -0.1) is 11.3 Å². The van der Waals surface area contributed by atoms with E-state index in [9.17, 15) is 4.79 Å². The summed E-state index contributed by atoms with van der Waals surface area (Å²) in [5.41, 5.74) is 2.79. The zero-order valence-corrected chi connectivity index (χ0v) is 19.0. The number of ether oxygens (including phenoxy) is 2. The lowest BCUT2D eigenvalue weighted by atomic mass is 10.0. The number of carbonyl (C=O) groups excluding carboxylic acids is 1. The Labute approximate surface area is 187 Å². The van der Waals surface area contributed by atoms with E-state index in [2.05, 4.69) is 19.9 Å². The highest BCUT2D eigenvalue weighted by atomic mass is 32.1. The van der Waals surface area contributed by atoms with E-state index in [1.165, 1.54) is 5.56 Å². The molecule has 1 aliphatic carbocycles. The van der Waals surface area contributed by atoms with E-state index in [-0.39, 0.29) is 5.91 Å². The molecule has 3 aromatic rings. The molecule has 162 valence electrons. The zero-order valence-electron chi connectivity index (χ0n) is 18.2. The number of para-hydroxylation sites is 1. The summed E-state index contributed by atoms with van der Waals surface area (Å²) < 4.78 is 11.3. The van der Waals surface area contributed by atoms with Crippen LogP contribution in [-0.4, -0.2) is 28.9 Å². The maximum atomic E-state index is 13.1. The summed E-state index contributed by atoms with van der Waals surface area (Å²) in [7, 11) is 1.62. The first kappa shape index (κ1) is 21.4. The van der Waals surface area contributed by atoms with Gasteiger partial charge in [-0.3, -0.25) is 4.79 Å². The van der Waals surface area contributed by atoms with E-state index in [0.29, 0.717) is 30.7 Å². The summed E-state index contributed by atoms with van der Waals surface area (Å²) >= 11 is 1.58. The molecule has 0 atom stereocenters. The topological polar surface area (TPSA) is 51.7 Å². The summed E-state index contributed by atoms with van der Waals surface area (Å²) in [4.78, 5) is 19.8. The Bertz CT molecular complexity index is 1030. The van der Waals surface area contributed by atoms with E-state index >= 15 is 0 Å². The minimum Gasteiger partial charge on any atom is -0.497 e. The van der Waals surface area contributed by atoms with Crippen molar-refractivity contribution in [2.24, 2.45) is 0 Å². The average molecular weight is 437 g/mol. The number of aromatic nitrogens is 1. The van der Waals surface area contributed by atoms with Crippen LogP contribution in [0.15, 0.2) is 53.9 Å². The van der Waals surface area contributed by atoms with Crippen molar-refractivity contribution in [1.82, 2.24) is 9.88 Å². The molecule has 6 heteroatoms. The van der Waals surface area contributed by atoms with Crippen molar-refractivity contribution in [3.05, 3.63) is 75.7 Å². The Balaban J connectivity index is 1.41. The molecule has 5 nitrogen and oxygen atoms in total. The van der Waals surface area contributed by atoms with Gasteiger partial charge in [-0.05, 0) is 54.7 Å². The quantitative estimate of drug-likeness (QED) is 0.434. The third kappa shape index (κ3) is 5.25. The Morgan fingerprint density at radius 3 is 2.58 bits per heavy atom. The zero-order chi connectivity index (χ0) is 21.8. The number of hydrogen-bond donors (Lipinski definition) is 0. The maximum absolute atomic E-state index is 13.1. The molecule has 0 saturated heterocycles. The molecule has 0 aliphatic heterocycles. The highest BCUT2D eigenvalue weighted by Gasteiger charge is 2.33. The normalized spacial score (nSPS) is 13.3. The molecule has 1 saturated carbocycles. The number of hydrogen-bond acceptors (Lipinski definition) is 5. The van der Waals surface area contributed by atoms with Gasteiger partial charge in [-0.1, -0.05) is 32.0 Å². The van der Waals surface area contributed by atoms with Crippen LogP contribution in [0.25, 0.3) is 0 Å². The first-order valence-electron chi connectivity index (χ1n) is 10.6. The summed E-state index contributed by atoms with van der Waals surface area (Å²) in [6, 6.07) is 15.7. The number of carbonyl (C=O) groups is 1. The van der Waals surface area contributed by atoms with Crippen molar-refractivity contribution in [3.63, 3.8) is 0 Å². The van der Waals surface area contributed by atoms with Gasteiger partial charge in [-0.25, -0.2) is 4.98 Å². The molecule has 0 bridgehead atoms. The maximum Gasteiger partial charge on any atom is 0.254 e. The Morgan fingerprint density at radius 1 is 1.16 bits per heavy atom. The molecule has 1 aromatic heterocycles. The van der Waals surface area contributed by atoms with Crippen LogP contribution in [0.1, 0.15) is 59.2 Å². The molecule has 4 rings (SSSR count). The van der Waals surface area contributed by atoms with Crippen LogP contribution >= 0.6 is 11.3 Å². The largest absolute Gasteiger partial charge is 0.497 e. The second-order valence-corrected chi connectivity index (χ2v) is 9.05. The highest BCUT2D eigenvalue weighted by Crippen LogP contribution is 2.31. The van der Waals surface area contributed by atoms with Crippen LogP contribution in [-0.2, 0) is 13.2 Å². The fraction of sp³-hybridized carbons (Fsp3) is 0.360. The predicted molar refractivity (Wildman–Crippen MR) is 123 cm³/mol. The smallest absolute Gasteiger partial charge is 0.254 e. The van der Waals surface area contributed by atoms with Crippen LogP contribution in [0, 0.1) is 0 Å². The summed E-state index contributed by atoms with van der Waals surface area (Å²) in [6.07, 6.45) is 2.10. The molecule has 2 aromatic carbocycles. The minimum absolute atomic E-state index is 0.0433. The van der Waals surface area contributed by atoms with Gasteiger partial charge in [0.1, 0.15) is 23.1 Å². The van der Waals surface area contributed by atoms with Crippen molar-refractivity contribution in [2.75, 3.05) is 7.11 Å². The first-order valence-corrected chi connectivity index (χ1v) is 11.5. The Kier molecular flexibility index (Phi) is 6.56. The molecular formula is C25H28N2O3S. The number of methoxy groups -OCH3 is 1. The number of amides is 1. The average Bonchev–Trinajstić information content (AvgIpc) is 3.54. The Morgan fingerprint density at radius 2 is 1.90 bits per heavy atom. The van der Waals surface area contributed by atoms with Crippen molar-refractivity contribution >= 4 is 17.2 Å². The van der Waals surface area contributed by atoms with E-state index in [1.807, 2.05) is 52.7 Å². The lowest BCUT2D eigenvalue weighted by molar-refractivity contribution is 0.0728. The van der Waals surface area contributed by atoms with E-state index < -0.39 is 0 Å². The fourth-order valence-corrected chi connectivity index (χ4v) is 4.24. The van der Waals surface area contributed by atoms with Gasteiger partial charge in [0.2, 0.25) is 0 Å². The van der Waals surface area contributed by atoms with Crippen LogP contribution in [0.3, 0.4) is 0 Å². The summed E-state index contributed by atoms with van der Waals surface area (Å²) in [6.45, 7) is 5.28. The molecule has 1 fully saturated rings. The summed E-state index contributed by atoms with van der Waals surface area (Å²) in [5.74, 6) is 2.10. The van der Waals surface area contributed by atoms with Crippen LogP contribution in [0.4, 0.5) is 0 Å². The highest BCUT2D eigenvalue weighted by molar-refractivity contribution is 7.09. The van der Waals surface area contributed by atoms with Gasteiger partial charge >= 0.3 is 0 Å². The number of rotatable bonds is 9. The molecule has 31 heavy (non-hydrogen) atoms. The number of nitrogens with zero attached hydrogens (tertiary/aromatic N) is 2. The second kappa shape index (κ2) is 9.52. The van der Waals surface area contributed by atoms with E-state index in [0.717, 1.165) is 35.0 Å². The van der Waals surface area contributed by atoms with E-state index in [4.69, 9.17) is 14.5 Å². The molecule has 0 N–H and O–H groups in total. The molecule has 0 radical (unpaired) electrons. The molecule has 0 unspecified atom stereocenters. The van der Waals surface area contributed by atoms with Gasteiger partial charge in [-0.2, -0.15) is 0 Å². The van der Waals surface area contributed by atoms with Crippen molar-refractivity contribution in [3.8, 4) is 11.5 Å². The third-order valence-electron chi connectivity index (χ3n) is 5.41. The van der Waals surface area contributed by atoms with Crippen LogP contribution < -0.4 is 9.47 Å². The SMILES string of the molecule is COc1ccc(C(=O)N(Cc2csc(COc3ccccc3C(C)C)n2)C2CC2)cc1. The lowest BCUT2D eigenvalue weighted by Crippen LogP contribution is -2.32. The molecule has 1 amide bonds. The number of benzene rings is 2. The predicted octanol–water partition coefficient (Wildman–Crippen LogP) is 5.66. The monoisotopic (exact) mass is 436 g/mol. The lowest BCUT2D eigenvalue weighted by Gasteiger charge is -2.21. The number of thiazole rings is 1. The fourth-order valence-electron chi connectivity index (χ4n) is 3.54. The molecule has 1 aliphatic rings. The molecular weight excluding hydrogens is 408 g/mol. The van der Waals surface area contributed by atoms with Gasteiger partial charge in [0.15, 0.2) is 0 Å². The molecule has 1 heterocycles. The molecule has 0 spiro atoms. The second-order valence-electron chi connectivity index (χ2n) is 8.11.